The predicted molar refractivity (Wildman–Crippen MR) is 104 cm³/mol. The molecule has 0 fully saturated rings. The fraction of sp³-hybridized carbons (Fsp3) is 0.105. The van der Waals surface area contributed by atoms with Crippen molar-refractivity contribution in [3.63, 3.8) is 0 Å². The molecule has 0 aliphatic heterocycles. The lowest BCUT2D eigenvalue weighted by atomic mass is 10.1. The minimum Gasteiger partial charge on any atom is -0.324 e. The van der Waals surface area contributed by atoms with E-state index in [0.29, 0.717) is 11.3 Å². The number of aromatic nitrogens is 2. The summed E-state index contributed by atoms with van der Waals surface area (Å²) in [6.45, 7) is 0. The number of nitrogens with one attached hydrogen (secondary N) is 2. The first kappa shape index (κ1) is 23.8. The number of hydrogen-bond acceptors (Lipinski definition) is 6. The maximum atomic E-state index is 13.0. The Morgan fingerprint density at radius 1 is 0.879 bits per heavy atom. The normalized spacial score (nSPS) is 12.2. The Labute approximate surface area is 182 Å². The van der Waals surface area contributed by atoms with Crippen molar-refractivity contribution in [2.24, 2.45) is 0 Å². The number of benzene rings is 2. The van der Waals surface area contributed by atoms with Crippen LogP contribution in [0.3, 0.4) is 0 Å². The van der Waals surface area contributed by atoms with Crippen molar-refractivity contribution in [3.8, 4) is 6.07 Å². The van der Waals surface area contributed by atoms with Crippen LogP contribution in [0.2, 0.25) is 0 Å². The van der Waals surface area contributed by atoms with Gasteiger partial charge in [0.1, 0.15) is 5.82 Å². The average molecular weight is 487 g/mol. The molecule has 0 amide bonds. The van der Waals surface area contributed by atoms with Gasteiger partial charge in [-0.15, -0.1) is 0 Å². The highest BCUT2D eigenvalue weighted by Gasteiger charge is 2.38. The van der Waals surface area contributed by atoms with Crippen molar-refractivity contribution >= 4 is 27.5 Å². The van der Waals surface area contributed by atoms with Gasteiger partial charge in [0.05, 0.1) is 27.7 Å². The van der Waals surface area contributed by atoms with Crippen molar-refractivity contribution in [1.82, 2.24) is 9.97 Å². The largest absolute Gasteiger partial charge is 0.416 e. The molecule has 3 rings (SSSR count). The van der Waals surface area contributed by atoms with E-state index in [2.05, 4.69) is 15.3 Å². The zero-order valence-corrected chi connectivity index (χ0v) is 16.8. The first-order valence-corrected chi connectivity index (χ1v) is 10.2. The molecule has 0 radical (unpaired) electrons. The van der Waals surface area contributed by atoms with Crippen molar-refractivity contribution in [3.05, 3.63) is 71.4 Å². The van der Waals surface area contributed by atoms with Crippen LogP contribution in [0.25, 0.3) is 0 Å². The van der Waals surface area contributed by atoms with E-state index >= 15 is 0 Å². The van der Waals surface area contributed by atoms with Gasteiger partial charge in [-0.05, 0) is 48.5 Å². The van der Waals surface area contributed by atoms with Gasteiger partial charge in [-0.25, -0.2) is 13.4 Å². The zero-order chi connectivity index (χ0) is 24.4. The van der Waals surface area contributed by atoms with E-state index in [-0.39, 0.29) is 24.1 Å². The summed E-state index contributed by atoms with van der Waals surface area (Å²) in [4.78, 5) is 6.45. The number of nitriles is 1. The molecule has 33 heavy (non-hydrogen) atoms. The molecule has 1 heterocycles. The number of nitrogens with zero attached hydrogens (tertiary/aromatic N) is 3. The Morgan fingerprint density at radius 3 is 1.97 bits per heavy atom. The van der Waals surface area contributed by atoms with Crippen molar-refractivity contribution in [1.29, 1.82) is 5.26 Å². The molecule has 0 spiro atoms. The van der Waals surface area contributed by atoms with E-state index in [1.165, 1.54) is 24.3 Å². The Hall–Kier alpha value is -3.86. The predicted octanol–water partition coefficient (Wildman–Crippen LogP) is 4.93. The average Bonchev–Trinajstić information content (AvgIpc) is 2.73. The molecule has 2 N–H and O–H groups in total. The summed E-state index contributed by atoms with van der Waals surface area (Å²) in [5.41, 5.74) is -2.74. The van der Waals surface area contributed by atoms with Crippen LogP contribution in [0.1, 0.15) is 16.7 Å². The highest BCUT2D eigenvalue weighted by Crippen LogP contribution is 2.37. The van der Waals surface area contributed by atoms with Crippen molar-refractivity contribution in [2.75, 3.05) is 10.0 Å². The second-order valence-corrected chi connectivity index (χ2v) is 8.11. The third-order valence-electron chi connectivity index (χ3n) is 4.04. The van der Waals surface area contributed by atoms with Gasteiger partial charge in [0, 0.05) is 11.9 Å². The molecule has 3 aromatic rings. The molecule has 1 aromatic heterocycles. The number of anilines is 3. The van der Waals surface area contributed by atoms with E-state index in [1.54, 1.807) is 0 Å². The minimum atomic E-state index is -5.21. The summed E-state index contributed by atoms with van der Waals surface area (Å²) in [6, 6.07) is 8.98. The van der Waals surface area contributed by atoms with Crippen molar-refractivity contribution in [2.45, 2.75) is 17.2 Å². The van der Waals surface area contributed by atoms with Gasteiger partial charge in [0.15, 0.2) is 0 Å². The maximum absolute atomic E-state index is 13.0. The zero-order valence-electron chi connectivity index (χ0n) is 16.0. The summed E-state index contributed by atoms with van der Waals surface area (Å²) in [5.74, 6) is -0.535. The number of hydrogen-bond donors (Lipinski definition) is 2. The molecular formula is C19H11F6N5O2S. The standard InChI is InChI=1S/C19H11F6N5O2S/c20-18(21,22)12-7-13(19(23,24)25)9-15(8-12)33(31,32)30-16-5-6-27-17(29-16)28-14-3-1-11(10-26)2-4-14/h1-9H,(H2,27,28,29,30). The van der Waals surface area contributed by atoms with Gasteiger partial charge in [0.25, 0.3) is 10.0 Å². The lowest BCUT2D eigenvalue weighted by molar-refractivity contribution is -0.143. The van der Waals surface area contributed by atoms with Crippen LogP contribution < -0.4 is 10.0 Å². The SMILES string of the molecule is N#Cc1ccc(Nc2nccc(NS(=O)(=O)c3cc(C(F)(F)F)cc(C(F)(F)F)c3)n2)cc1. The highest BCUT2D eigenvalue weighted by atomic mass is 32.2. The van der Waals surface area contributed by atoms with Gasteiger partial charge in [-0.2, -0.15) is 36.6 Å². The molecule has 0 atom stereocenters. The molecule has 0 saturated heterocycles. The fourth-order valence-electron chi connectivity index (χ4n) is 2.51. The Kier molecular flexibility index (Phi) is 6.19. The van der Waals surface area contributed by atoms with Crippen LogP contribution >= 0.6 is 0 Å². The molecule has 0 unspecified atom stereocenters. The summed E-state index contributed by atoms with van der Waals surface area (Å²) in [7, 11) is -4.88. The first-order chi connectivity index (χ1) is 15.3. The third kappa shape index (κ3) is 5.89. The van der Waals surface area contributed by atoms with Crippen LogP contribution in [0.4, 0.5) is 43.8 Å². The molecule has 0 aliphatic rings. The Balaban J connectivity index is 1.92. The monoisotopic (exact) mass is 487 g/mol. The molecule has 0 bridgehead atoms. The van der Waals surface area contributed by atoms with Gasteiger partial charge >= 0.3 is 12.4 Å². The molecule has 7 nitrogen and oxygen atoms in total. The summed E-state index contributed by atoms with van der Waals surface area (Å²) in [5, 5.41) is 11.5. The van der Waals surface area contributed by atoms with Crippen LogP contribution in [0.15, 0.2) is 59.6 Å². The fourth-order valence-corrected chi connectivity index (χ4v) is 3.58. The summed E-state index contributed by atoms with van der Waals surface area (Å²) >= 11 is 0. The number of rotatable bonds is 5. The molecule has 172 valence electrons. The molecular weight excluding hydrogens is 476 g/mol. The van der Waals surface area contributed by atoms with E-state index in [1.807, 2.05) is 10.8 Å². The molecule has 0 aliphatic carbocycles. The summed E-state index contributed by atoms with van der Waals surface area (Å²) < 4.78 is 105. The number of sulfonamides is 1. The van der Waals surface area contributed by atoms with Crippen molar-refractivity contribution < 1.29 is 34.8 Å². The topological polar surface area (TPSA) is 108 Å². The van der Waals surface area contributed by atoms with Crippen LogP contribution in [0, 0.1) is 11.3 Å². The molecule has 0 saturated carbocycles. The van der Waals surface area contributed by atoms with Gasteiger partial charge in [-0.3, -0.25) is 4.72 Å². The smallest absolute Gasteiger partial charge is 0.324 e. The minimum absolute atomic E-state index is 0.0919. The molecule has 14 heteroatoms. The summed E-state index contributed by atoms with van der Waals surface area (Å²) in [6.07, 6.45) is -9.30. The second-order valence-electron chi connectivity index (χ2n) is 6.43. The number of alkyl halides is 6. The van der Waals surface area contributed by atoms with E-state index in [9.17, 15) is 34.8 Å². The van der Waals surface area contributed by atoms with Crippen LogP contribution in [-0.4, -0.2) is 18.4 Å². The van der Waals surface area contributed by atoms with Gasteiger partial charge in [0.2, 0.25) is 5.95 Å². The van der Waals surface area contributed by atoms with Crippen LogP contribution in [-0.2, 0) is 22.4 Å². The maximum Gasteiger partial charge on any atom is 0.416 e. The first-order valence-electron chi connectivity index (χ1n) is 8.70. The lowest BCUT2D eigenvalue weighted by Crippen LogP contribution is -2.18. The quantitative estimate of drug-likeness (QED) is 0.494. The second kappa shape index (κ2) is 8.58. The van der Waals surface area contributed by atoms with E-state index in [4.69, 9.17) is 5.26 Å². The van der Waals surface area contributed by atoms with Crippen LogP contribution in [0.5, 0.6) is 0 Å². The van der Waals surface area contributed by atoms with E-state index < -0.39 is 44.2 Å². The van der Waals surface area contributed by atoms with Gasteiger partial charge < -0.3 is 5.32 Å². The Morgan fingerprint density at radius 2 is 1.45 bits per heavy atom. The van der Waals surface area contributed by atoms with E-state index in [0.717, 1.165) is 12.3 Å². The lowest BCUT2D eigenvalue weighted by Gasteiger charge is -2.15. The molecule has 2 aromatic carbocycles. The highest BCUT2D eigenvalue weighted by molar-refractivity contribution is 7.92. The Bertz CT molecular complexity index is 1280. The van der Waals surface area contributed by atoms with Gasteiger partial charge in [-0.1, -0.05) is 0 Å². The number of halogens is 6. The third-order valence-corrected chi connectivity index (χ3v) is 5.37.